The maximum Gasteiger partial charge on any atom is 0.243 e. The van der Waals surface area contributed by atoms with Gasteiger partial charge in [0.1, 0.15) is 0 Å². The molecule has 5 nitrogen and oxygen atoms in total. The number of nitrogens with zero attached hydrogens (tertiary/aromatic N) is 1. The van der Waals surface area contributed by atoms with E-state index in [1.807, 2.05) is 37.4 Å². The van der Waals surface area contributed by atoms with Crippen molar-refractivity contribution in [3.05, 3.63) is 51.7 Å². The molecule has 1 unspecified atom stereocenters. The summed E-state index contributed by atoms with van der Waals surface area (Å²) in [6.45, 7) is 10.9. The van der Waals surface area contributed by atoms with Crippen LogP contribution in [0.2, 0.25) is 0 Å². The van der Waals surface area contributed by atoms with Gasteiger partial charge in [0.05, 0.1) is 10.9 Å². The number of piperidine rings is 1. The highest BCUT2D eigenvalue weighted by molar-refractivity contribution is 7.89. The second-order valence-corrected chi connectivity index (χ2v) is 12.2. The molecule has 3 rings (SSSR count). The number of nitrogens with one attached hydrogen (secondary N) is 1. The van der Waals surface area contributed by atoms with E-state index in [0.717, 1.165) is 16.0 Å². The molecule has 164 valence electrons. The first-order chi connectivity index (χ1) is 14.0. The number of amides is 1. The van der Waals surface area contributed by atoms with Crippen LogP contribution >= 0.6 is 11.3 Å². The lowest BCUT2D eigenvalue weighted by atomic mass is 9.85. The third-order valence-corrected chi connectivity index (χ3v) is 8.75. The normalized spacial score (nSPS) is 17.6. The van der Waals surface area contributed by atoms with Crippen LogP contribution in [-0.2, 0) is 14.8 Å². The molecule has 2 heterocycles. The van der Waals surface area contributed by atoms with Gasteiger partial charge in [-0.25, -0.2) is 8.42 Å². The number of carbonyl (C=O) groups is 1. The zero-order chi connectivity index (χ0) is 22.1. The molecule has 1 atom stereocenters. The summed E-state index contributed by atoms with van der Waals surface area (Å²) >= 11 is 1.65. The summed E-state index contributed by atoms with van der Waals surface area (Å²) in [5, 5.41) is 5.26. The summed E-state index contributed by atoms with van der Waals surface area (Å²) in [4.78, 5) is 14.5. The van der Waals surface area contributed by atoms with E-state index in [2.05, 4.69) is 32.2 Å². The summed E-state index contributed by atoms with van der Waals surface area (Å²) in [6, 6.07) is 9.42. The van der Waals surface area contributed by atoms with Crippen molar-refractivity contribution in [2.75, 3.05) is 13.1 Å². The highest BCUT2D eigenvalue weighted by Gasteiger charge is 2.35. The van der Waals surface area contributed by atoms with E-state index in [4.69, 9.17) is 0 Å². The number of sulfonamides is 1. The lowest BCUT2D eigenvalue weighted by Crippen LogP contribution is -2.45. The Hall–Kier alpha value is -1.70. The molecule has 0 radical (unpaired) electrons. The molecule has 1 fully saturated rings. The Morgan fingerprint density at radius 2 is 1.83 bits per heavy atom. The molecule has 0 bridgehead atoms. The second kappa shape index (κ2) is 8.81. The molecule has 1 aromatic carbocycles. The Labute approximate surface area is 184 Å². The van der Waals surface area contributed by atoms with Gasteiger partial charge in [-0.3, -0.25) is 4.79 Å². The maximum atomic E-state index is 13.1. The molecular weight excluding hydrogens is 416 g/mol. The first-order valence-corrected chi connectivity index (χ1v) is 12.7. The molecule has 1 aliphatic heterocycles. The van der Waals surface area contributed by atoms with Gasteiger partial charge in [0.2, 0.25) is 15.9 Å². The van der Waals surface area contributed by atoms with Crippen LogP contribution in [0.25, 0.3) is 0 Å². The number of carbonyl (C=O) groups excluding carboxylic acids is 1. The quantitative estimate of drug-likeness (QED) is 0.723. The van der Waals surface area contributed by atoms with Crippen molar-refractivity contribution in [3.8, 4) is 0 Å². The van der Waals surface area contributed by atoms with E-state index in [-0.39, 0.29) is 23.3 Å². The first kappa shape index (κ1) is 23.0. The fraction of sp³-hybridized carbons (Fsp3) is 0.522. The van der Waals surface area contributed by atoms with Gasteiger partial charge >= 0.3 is 0 Å². The van der Waals surface area contributed by atoms with Crippen molar-refractivity contribution in [3.63, 3.8) is 0 Å². The van der Waals surface area contributed by atoms with Crippen molar-refractivity contribution in [2.45, 2.75) is 58.4 Å². The van der Waals surface area contributed by atoms with Crippen molar-refractivity contribution in [2.24, 2.45) is 11.3 Å². The molecule has 1 amide bonds. The van der Waals surface area contributed by atoms with Crippen LogP contribution in [0.3, 0.4) is 0 Å². The van der Waals surface area contributed by atoms with E-state index in [0.29, 0.717) is 30.8 Å². The van der Waals surface area contributed by atoms with Crippen LogP contribution in [0.1, 0.15) is 55.7 Å². The van der Waals surface area contributed by atoms with Crippen LogP contribution in [0, 0.1) is 25.2 Å². The minimum atomic E-state index is -3.54. The minimum absolute atomic E-state index is 0.0203. The number of hydrogen-bond acceptors (Lipinski definition) is 4. The van der Waals surface area contributed by atoms with Gasteiger partial charge in [0.25, 0.3) is 0 Å². The van der Waals surface area contributed by atoms with Gasteiger partial charge < -0.3 is 5.32 Å². The van der Waals surface area contributed by atoms with Crippen molar-refractivity contribution in [1.29, 1.82) is 0 Å². The fourth-order valence-electron chi connectivity index (χ4n) is 4.02. The van der Waals surface area contributed by atoms with Gasteiger partial charge in [-0.1, -0.05) is 44.5 Å². The Bertz CT molecular complexity index is 984. The molecule has 0 saturated carbocycles. The average molecular weight is 449 g/mol. The molecule has 30 heavy (non-hydrogen) atoms. The summed E-state index contributed by atoms with van der Waals surface area (Å²) in [7, 11) is -3.54. The molecule has 1 N–H and O–H groups in total. The third kappa shape index (κ3) is 4.95. The van der Waals surface area contributed by atoms with Crippen LogP contribution in [0.15, 0.2) is 40.6 Å². The first-order valence-electron chi connectivity index (χ1n) is 10.4. The number of benzene rings is 1. The van der Waals surface area contributed by atoms with Crippen molar-refractivity contribution in [1.82, 2.24) is 9.62 Å². The SMILES string of the molecule is Cc1ccc(S(=O)(=O)N2CCC(C(=O)NC(c3cccs3)C(C)(C)C)CC2)c(C)c1. The smallest absolute Gasteiger partial charge is 0.243 e. The third-order valence-electron chi connectivity index (χ3n) is 5.75. The molecule has 0 spiro atoms. The molecule has 2 aromatic rings. The van der Waals surface area contributed by atoms with E-state index >= 15 is 0 Å². The standard InChI is InChI=1S/C23H32N2O3S2/c1-16-8-9-20(17(2)15-16)30(27,28)25-12-10-18(11-13-25)22(26)24-21(23(3,4)5)19-7-6-14-29-19/h6-9,14-15,18,21H,10-13H2,1-5H3,(H,24,26). The van der Waals surface area contributed by atoms with E-state index < -0.39 is 10.0 Å². The fourth-order valence-corrected chi connectivity index (χ4v) is 6.71. The lowest BCUT2D eigenvalue weighted by Gasteiger charge is -2.35. The monoisotopic (exact) mass is 448 g/mol. The highest BCUT2D eigenvalue weighted by atomic mass is 32.2. The van der Waals surface area contributed by atoms with Gasteiger partial charge in [-0.15, -0.1) is 11.3 Å². The van der Waals surface area contributed by atoms with Gasteiger partial charge in [0, 0.05) is 23.9 Å². The number of thiophene rings is 1. The minimum Gasteiger partial charge on any atom is -0.348 e. The summed E-state index contributed by atoms with van der Waals surface area (Å²) < 4.78 is 27.7. The van der Waals surface area contributed by atoms with Crippen LogP contribution in [0.4, 0.5) is 0 Å². The Balaban J connectivity index is 1.67. The van der Waals surface area contributed by atoms with Crippen molar-refractivity contribution >= 4 is 27.3 Å². The Morgan fingerprint density at radius 3 is 2.37 bits per heavy atom. The molecule has 1 aromatic heterocycles. The van der Waals surface area contributed by atoms with Gasteiger partial charge in [-0.2, -0.15) is 4.31 Å². The number of rotatable bonds is 5. The number of hydrogen-bond donors (Lipinski definition) is 1. The lowest BCUT2D eigenvalue weighted by molar-refractivity contribution is -0.127. The summed E-state index contributed by atoms with van der Waals surface area (Å²) in [5.41, 5.74) is 1.70. The molecular formula is C23H32N2O3S2. The zero-order valence-corrected chi connectivity index (χ0v) is 20.1. The van der Waals surface area contributed by atoms with E-state index in [1.54, 1.807) is 17.4 Å². The van der Waals surface area contributed by atoms with Crippen LogP contribution < -0.4 is 5.32 Å². The predicted octanol–water partition coefficient (Wildman–Crippen LogP) is 4.67. The Kier molecular flexibility index (Phi) is 6.75. The van der Waals surface area contributed by atoms with Crippen LogP contribution in [-0.4, -0.2) is 31.7 Å². The summed E-state index contributed by atoms with van der Waals surface area (Å²) in [6.07, 6.45) is 1.08. The largest absolute Gasteiger partial charge is 0.348 e. The summed E-state index contributed by atoms with van der Waals surface area (Å²) in [5.74, 6) is -0.146. The van der Waals surface area contributed by atoms with Crippen LogP contribution in [0.5, 0.6) is 0 Å². The van der Waals surface area contributed by atoms with Crippen molar-refractivity contribution < 1.29 is 13.2 Å². The highest BCUT2D eigenvalue weighted by Crippen LogP contribution is 2.36. The topological polar surface area (TPSA) is 66.5 Å². The zero-order valence-electron chi connectivity index (χ0n) is 18.4. The van der Waals surface area contributed by atoms with E-state index in [9.17, 15) is 13.2 Å². The van der Waals surface area contributed by atoms with Gasteiger partial charge in [-0.05, 0) is 55.2 Å². The maximum absolute atomic E-state index is 13.1. The molecule has 1 aliphatic rings. The second-order valence-electron chi connectivity index (χ2n) is 9.27. The molecule has 7 heteroatoms. The molecule has 0 aliphatic carbocycles. The Morgan fingerprint density at radius 1 is 1.17 bits per heavy atom. The van der Waals surface area contributed by atoms with Gasteiger partial charge in [0.15, 0.2) is 0 Å². The number of aryl methyl sites for hydroxylation is 2. The molecule has 1 saturated heterocycles. The van der Waals surface area contributed by atoms with E-state index in [1.165, 1.54) is 4.31 Å². The average Bonchev–Trinajstić information content (AvgIpc) is 3.19. The predicted molar refractivity (Wildman–Crippen MR) is 122 cm³/mol.